The van der Waals surface area contributed by atoms with Gasteiger partial charge in [-0.05, 0) is 25.9 Å². The lowest BCUT2D eigenvalue weighted by atomic mass is 10.4. The number of hydrogen-bond donors (Lipinski definition) is 2. The van der Waals surface area contributed by atoms with Crippen molar-refractivity contribution in [1.29, 1.82) is 5.26 Å². The van der Waals surface area contributed by atoms with E-state index in [0.29, 0.717) is 13.0 Å². The lowest BCUT2D eigenvalue weighted by Crippen LogP contribution is -2.34. The molecule has 0 spiro atoms. The zero-order chi connectivity index (χ0) is 11.7. The number of nitrogens with zero attached hydrogens (tertiary/aromatic N) is 1. The monoisotopic (exact) mass is 233 g/mol. The van der Waals surface area contributed by atoms with Crippen LogP contribution in [0, 0.1) is 11.3 Å². The summed E-state index contributed by atoms with van der Waals surface area (Å²) in [6.07, 6.45) is 1.05. The van der Waals surface area contributed by atoms with Crippen molar-refractivity contribution in [3.05, 3.63) is 0 Å². The zero-order valence-electron chi connectivity index (χ0n) is 9.28. The van der Waals surface area contributed by atoms with Gasteiger partial charge in [0.2, 0.25) is 10.0 Å². The highest BCUT2D eigenvalue weighted by Gasteiger charge is 2.22. The number of nitrogens with one attached hydrogen (secondary N) is 2. The van der Waals surface area contributed by atoms with Crippen molar-refractivity contribution in [3.63, 3.8) is 0 Å². The second-order valence-electron chi connectivity index (χ2n) is 3.17. The standard InChI is InChI=1S/C9H19N3O2S/c1-3-9(8-10)15(13,14)12-7-5-6-11-4-2/h9,11-12H,3-7H2,1-2H3. The summed E-state index contributed by atoms with van der Waals surface area (Å²) in [6, 6.07) is 1.78. The molecule has 0 saturated carbocycles. The molecule has 1 unspecified atom stereocenters. The van der Waals surface area contributed by atoms with Crippen LogP contribution in [-0.2, 0) is 10.0 Å². The van der Waals surface area contributed by atoms with Gasteiger partial charge in [0.05, 0.1) is 6.07 Å². The summed E-state index contributed by atoms with van der Waals surface area (Å²) in [6.45, 7) is 5.72. The fourth-order valence-corrected chi connectivity index (χ4v) is 2.29. The Morgan fingerprint density at radius 3 is 2.47 bits per heavy atom. The van der Waals surface area contributed by atoms with E-state index in [-0.39, 0.29) is 0 Å². The van der Waals surface area contributed by atoms with E-state index < -0.39 is 15.3 Å². The maximum absolute atomic E-state index is 11.5. The highest BCUT2D eigenvalue weighted by Crippen LogP contribution is 2.01. The van der Waals surface area contributed by atoms with Crippen LogP contribution in [0.15, 0.2) is 0 Å². The van der Waals surface area contributed by atoms with E-state index in [1.807, 2.05) is 6.92 Å². The van der Waals surface area contributed by atoms with E-state index >= 15 is 0 Å². The van der Waals surface area contributed by atoms with Crippen molar-refractivity contribution in [2.24, 2.45) is 0 Å². The van der Waals surface area contributed by atoms with E-state index in [9.17, 15) is 8.42 Å². The molecule has 1 atom stereocenters. The third kappa shape index (κ3) is 5.72. The van der Waals surface area contributed by atoms with Crippen molar-refractivity contribution >= 4 is 10.0 Å². The van der Waals surface area contributed by atoms with Crippen molar-refractivity contribution < 1.29 is 8.42 Å². The van der Waals surface area contributed by atoms with Crippen LogP contribution in [0.2, 0.25) is 0 Å². The van der Waals surface area contributed by atoms with Gasteiger partial charge in [0.15, 0.2) is 5.25 Å². The minimum absolute atomic E-state index is 0.318. The first-order valence-electron chi connectivity index (χ1n) is 5.17. The van der Waals surface area contributed by atoms with E-state index in [2.05, 4.69) is 10.0 Å². The third-order valence-corrected chi connectivity index (χ3v) is 3.77. The van der Waals surface area contributed by atoms with E-state index in [4.69, 9.17) is 5.26 Å². The molecule has 0 rings (SSSR count). The van der Waals surface area contributed by atoms with Gasteiger partial charge in [0.1, 0.15) is 0 Å². The summed E-state index contributed by atoms with van der Waals surface area (Å²) in [5.74, 6) is 0. The highest BCUT2D eigenvalue weighted by molar-refractivity contribution is 7.90. The van der Waals surface area contributed by atoms with Crippen LogP contribution in [0.4, 0.5) is 0 Å². The fourth-order valence-electron chi connectivity index (χ4n) is 1.09. The lowest BCUT2D eigenvalue weighted by molar-refractivity contribution is 0.567. The molecule has 6 heteroatoms. The van der Waals surface area contributed by atoms with Gasteiger partial charge >= 0.3 is 0 Å². The second kappa shape index (κ2) is 7.63. The molecule has 15 heavy (non-hydrogen) atoms. The molecule has 0 radical (unpaired) electrons. The van der Waals surface area contributed by atoms with E-state index in [1.54, 1.807) is 13.0 Å². The van der Waals surface area contributed by atoms with Crippen LogP contribution in [0.1, 0.15) is 26.7 Å². The average Bonchev–Trinajstić information content (AvgIpc) is 2.18. The van der Waals surface area contributed by atoms with Gasteiger partial charge in [-0.2, -0.15) is 5.26 Å². The minimum atomic E-state index is -3.45. The smallest absolute Gasteiger partial charge is 0.227 e. The number of hydrogen-bond acceptors (Lipinski definition) is 4. The Morgan fingerprint density at radius 1 is 1.33 bits per heavy atom. The van der Waals surface area contributed by atoms with Crippen molar-refractivity contribution in [2.45, 2.75) is 31.9 Å². The third-order valence-electron chi connectivity index (χ3n) is 1.97. The largest absolute Gasteiger partial charge is 0.317 e. The SMILES string of the molecule is CCNCCCNS(=O)(=O)C(C#N)CC. The molecule has 0 aliphatic heterocycles. The van der Waals surface area contributed by atoms with Gasteiger partial charge in [0.25, 0.3) is 0 Å². The molecule has 2 N–H and O–H groups in total. The average molecular weight is 233 g/mol. The first-order valence-corrected chi connectivity index (χ1v) is 6.71. The van der Waals surface area contributed by atoms with Gasteiger partial charge in [-0.15, -0.1) is 0 Å². The molecule has 0 amide bonds. The molecule has 0 fully saturated rings. The summed E-state index contributed by atoms with van der Waals surface area (Å²) in [5, 5.41) is 10.8. The quantitative estimate of drug-likeness (QED) is 0.587. The second-order valence-corrected chi connectivity index (χ2v) is 5.12. The molecular weight excluding hydrogens is 214 g/mol. The molecule has 0 bridgehead atoms. The first-order chi connectivity index (χ1) is 7.08. The molecule has 0 aromatic heterocycles. The fraction of sp³-hybridized carbons (Fsp3) is 0.889. The van der Waals surface area contributed by atoms with Crippen LogP contribution in [0.3, 0.4) is 0 Å². The van der Waals surface area contributed by atoms with Crippen LogP contribution in [0.5, 0.6) is 0 Å². The van der Waals surface area contributed by atoms with Crippen LogP contribution in [0.25, 0.3) is 0 Å². The predicted molar refractivity (Wildman–Crippen MR) is 59.8 cm³/mol. The van der Waals surface area contributed by atoms with Crippen molar-refractivity contribution in [3.8, 4) is 6.07 Å². The number of rotatable bonds is 8. The van der Waals surface area contributed by atoms with Gasteiger partial charge in [-0.25, -0.2) is 13.1 Å². The normalized spacial score (nSPS) is 13.4. The summed E-state index contributed by atoms with van der Waals surface area (Å²) in [4.78, 5) is 0. The van der Waals surface area contributed by atoms with E-state index in [1.165, 1.54) is 0 Å². The molecule has 0 aromatic carbocycles. The highest BCUT2D eigenvalue weighted by atomic mass is 32.2. The Morgan fingerprint density at radius 2 is 2.00 bits per heavy atom. The summed E-state index contributed by atoms with van der Waals surface area (Å²) < 4.78 is 25.4. The Labute approximate surface area is 91.9 Å². The summed E-state index contributed by atoms with van der Waals surface area (Å²) in [7, 11) is -3.45. The van der Waals surface area contributed by atoms with Crippen molar-refractivity contribution in [2.75, 3.05) is 19.6 Å². The van der Waals surface area contributed by atoms with Gasteiger partial charge in [-0.3, -0.25) is 0 Å². The molecular formula is C9H19N3O2S. The number of nitriles is 1. The van der Waals surface area contributed by atoms with E-state index in [0.717, 1.165) is 19.5 Å². The topological polar surface area (TPSA) is 82.0 Å². The molecule has 0 aromatic rings. The predicted octanol–water partition coefficient (Wildman–Crippen LogP) is 0.208. The molecule has 0 heterocycles. The van der Waals surface area contributed by atoms with Gasteiger partial charge < -0.3 is 5.32 Å². The molecule has 0 aliphatic carbocycles. The Kier molecular flexibility index (Phi) is 7.30. The van der Waals surface area contributed by atoms with Crippen LogP contribution in [-0.4, -0.2) is 33.3 Å². The van der Waals surface area contributed by atoms with Crippen LogP contribution < -0.4 is 10.0 Å². The van der Waals surface area contributed by atoms with Gasteiger partial charge in [0, 0.05) is 6.54 Å². The molecule has 0 aliphatic rings. The maximum Gasteiger partial charge on any atom is 0.227 e. The number of sulfonamides is 1. The molecule has 0 saturated heterocycles. The summed E-state index contributed by atoms with van der Waals surface area (Å²) >= 11 is 0. The molecule has 88 valence electrons. The lowest BCUT2D eigenvalue weighted by Gasteiger charge is -2.09. The Balaban J connectivity index is 3.90. The zero-order valence-corrected chi connectivity index (χ0v) is 10.1. The Hall–Kier alpha value is -0.640. The maximum atomic E-state index is 11.5. The van der Waals surface area contributed by atoms with Crippen LogP contribution >= 0.6 is 0 Å². The molecule has 5 nitrogen and oxygen atoms in total. The first kappa shape index (κ1) is 14.4. The summed E-state index contributed by atoms with van der Waals surface area (Å²) in [5.41, 5.74) is 0. The minimum Gasteiger partial charge on any atom is -0.317 e. The Bertz CT molecular complexity index is 295. The van der Waals surface area contributed by atoms with Crippen molar-refractivity contribution in [1.82, 2.24) is 10.0 Å². The van der Waals surface area contributed by atoms with Gasteiger partial charge in [-0.1, -0.05) is 13.8 Å².